The van der Waals surface area contributed by atoms with E-state index in [1.165, 1.54) is 13.8 Å². The Morgan fingerprint density at radius 1 is 1.50 bits per heavy atom. The molecule has 3 nitrogen and oxygen atoms in total. The van der Waals surface area contributed by atoms with E-state index in [4.69, 9.17) is 0 Å². The second-order valence-corrected chi connectivity index (χ2v) is 6.72. The Kier molecular flexibility index (Phi) is 2.64. The smallest absolute Gasteiger partial charge is 0.181 e. The first-order valence-electron chi connectivity index (χ1n) is 2.59. The third-order valence-electron chi connectivity index (χ3n) is 1.33. The Morgan fingerprint density at radius 2 is 1.80 bits per heavy atom. The van der Waals surface area contributed by atoms with Crippen molar-refractivity contribution in [3.05, 3.63) is 0 Å². The van der Waals surface area contributed by atoms with Crippen molar-refractivity contribution < 1.29 is 13.2 Å². The molecular weight excluding hydrogens is 220 g/mol. The van der Waals surface area contributed by atoms with Crippen molar-refractivity contribution in [2.75, 3.05) is 6.26 Å². The number of sulfone groups is 1. The molecule has 0 saturated carbocycles. The summed E-state index contributed by atoms with van der Waals surface area (Å²) < 4.78 is 20.2. The van der Waals surface area contributed by atoms with Gasteiger partial charge in [0.2, 0.25) is 0 Å². The minimum Gasteiger partial charge on any atom is -0.297 e. The molecule has 5 heteroatoms. The first-order valence-corrected chi connectivity index (χ1v) is 5.27. The first kappa shape index (κ1) is 10.1. The summed E-state index contributed by atoms with van der Waals surface area (Å²) in [5.41, 5.74) is 0. The van der Waals surface area contributed by atoms with Crippen molar-refractivity contribution in [1.29, 1.82) is 0 Å². The van der Waals surface area contributed by atoms with Gasteiger partial charge in [0, 0.05) is 6.26 Å². The molecule has 0 heterocycles. The zero-order valence-electron chi connectivity index (χ0n) is 6.01. The minimum absolute atomic E-state index is 0.407. The van der Waals surface area contributed by atoms with Gasteiger partial charge in [0.1, 0.15) is 0 Å². The topological polar surface area (TPSA) is 51.2 Å². The number of carbonyl (C=O) groups excluding carboxylic acids is 1. The molecule has 0 spiro atoms. The van der Waals surface area contributed by atoms with E-state index in [0.717, 1.165) is 6.26 Å². The van der Waals surface area contributed by atoms with Crippen molar-refractivity contribution in [2.24, 2.45) is 0 Å². The second-order valence-electron chi connectivity index (χ2n) is 2.25. The molecule has 10 heavy (non-hydrogen) atoms. The van der Waals surface area contributed by atoms with E-state index in [9.17, 15) is 13.2 Å². The predicted molar refractivity (Wildman–Crippen MR) is 42.9 cm³/mol. The molecule has 0 aliphatic heterocycles. The lowest BCUT2D eigenvalue weighted by Gasteiger charge is -2.15. The van der Waals surface area contributed by atoms with Crippen molar-refractivity contribution in [1.82, 2.24) is 0 Å². The highest BCUT2D eigenvalue weighted by atomic mass is 79.9. The molecule has 0 fully saturated rings. The number of halogens is 1. The number of hydrogen-bond acceptors (Lipinski definition) is 3. The van der Waals surface area contributed by atoms with Gasteiger partial charge in [0.05, 0.1) is 0 Å². The zero-order valence-corrected chi connectivity index (χ0v) is 8.41. The monoisotopic (exact) mass is 228 g/mol. The number of alkyl halides is 1. The SMILES string of the molecule is CC(=O)[C@@](C)(Br)S(C)(=O)=O. The van der Waals surface area contributed by atoms with E-state index in [1.807, 2.05) is 0 Å². The molecule has 0 aliphatic carbocycles. The summed E-state index contributed by atoms with van der Waals surface area (Å²) in [6, 6.07) is 0. The number of rotatable bonds is 2. The van der Waals surface area contributed by atoms with Crippen LogP contribution in [0.15, 0.2) is 0 Å². The van der Waals surface area contributed by atoms with Crippen LogP contribution < -0.4 is 0 Å². The quantitative estimate of drug-likeness (QED) is 0.656. The molecule has 0 radical (unpaired) electrons. The molecule has 1 atom stereocenters. The van der Waals surface area contributed by atoms with E-state index < -0.39 is 19.3 Å². The van der Waals surface area contributed by atoms with Crippen molar-refractivity contribution in [2.45, 2.75) is 17.5 Å². The molecule has 0 N–H and O–H groups in total. The molecule has 0 aromatic rings. The fourth-order valence-corrected chi connectivity index (χ4v) is 0.783. The van der Waals surface area contributed by atoms with Gasteiger partial charge >= 0.3 is 0 Å². The lowest BCUT2D eigenvalue weighted by atomic mass is 10.3. The van der Waals surface area contributed by atoms with E-state index in [0.29, 0.717) is 0 Å². The molecule has 0 rings (SSSR count). The van der Waals surface area contributed by atoms with Crippen LogP contribution in [0.25, 0.3) is 0 Å². The molecule has 0 saturated heterocycles. The van der Waals surface area contributed by atoms with Crippen LogP contribution in [0.3, 0.4) is 0 Å². The van der Waals surface area contributed by atoms with Crippen LogP contribution in [0.1, 0.15) is 13.8 Å². The number of Topliss-reactive ketones (excluding diaryl/α,β-unsaturated/α-hetero) is 1. The number of ketones is 1. The molecule has 0 aromatic heterocycles. The van der Waals surface area contributed by atoms with Gasteiger partial charge in [-0.25, -0.2) is 8.42 Å². The van der Waals surface area contributed by atoms with E-state index in [1.54, 1.807) is 0 Å². The van der Waals surface area contributed by atoms with Crippen molar-refractivity contribution in [3.8, 4) is 0 Å². The van der Waals surface area contributed by atoms with Gasteiger partial charge in [0.25, 0.3) is 0 Å². The minimum atomic E-state index is -3.33. The Bertz CT molecular complexity index is 240. The fourth-order valence-electron chi connectivity index (χ4n) is 0.261. The molecule has 0 amide bonds. The summed E-state index contributed by atoms with van der Waals surface area (Å²) in [7, 11) is -3.33. The van der Waals surface area contributed by atoms with Gasteiger partial charge < -0.3 is 0 Å². The maximum Gasteiger partial charge on any atom is 0.181 e. The van der Waals surface area contributed by atoms with Crippen LogP contribution in [0.5, 0.6) is 0 Å². The summed E-state index contributed by atoms with van der Waals surface area (Å²) in [4.78, 5) is 10.7. The van der Waals surface area contributed by atoms with Crippen LogP contribution in [-0.4, -0.2) is 24.1 Å². The van der Waals surface area contributed by atoms with Gasteiger partial charge in [0.15, 0.2) is 19.3 Å². The van der Waals surface area contributed by atoms with Crippen LogP contribution in [0.2, 0.25) is 0 Å². The first-order chi connectivity index (χ1) is 4.19. The zero-order chi connectivity index (χ0) is 8.58. The highest BCUT2D eigenvalue weighted by Gasteiger charge is 2.37. The summed E-state index contributed by atoms with van der Waals surface area (Å²) in [6.07, 6.45) is 1.02. The third-order valence-corrected chi connectivity index (χ3v) is 5.33. The lowest BCUT2D eigenvalue weighted by Crippen LogP contribution is -2.34. The summed E-state index contributed by atoms with van der Waals surface area (Å²) in [5.74, 6) is -0.407. The Balaban J connectivity index is 4.95. The number of hydrogen-bond donors (Lipinski definition) is 0. The van der Waals surface area contributed by atoms with Crippen LogP contribution in [0, 0.1) is 0 Å². The van der Waals surface area contributed by atoms with Crippen LogP contribution >= 0.6 is 15.9 Å². The standard InChI is InChI=1S/C5H9BrO3S/c1-4(7)5(2,6)10(3,8)9/h1-3H3/t5-/m0/s1. The maximum absolute atomic E-state index is 10.8. The Hall–Kier alpha value is 0.1000. The summed E-state index contributed by atoms with van der Waals surface area (Å²) in [5, 5.41) is 0. The van der Waals surface area contributed by atoms with Crippen molar-refractivity contribution >= 4 is 31.6 Å². The van der Waals surface area contributed by atoms with Gasteiger partial charge in [-0.2, -0.15) is 0 Å². The Labute approximate surface area is 68.9 Å². The van der Waals surface area contributed by atoms with Crippen LogP contribution in [0.4, 0.5) is 0 Å². The average Bonchev–Trinajstić information content (AvgIpc) is 1.62. The average molecular weight is 229 g/mol. The second kappa shape index (κ2) is 2.62. The lowest BCUT2D eigenvalue weighted by molar-refractivity contribution is -0.116. The van der Waals surface area contributed by atoms with E-state index >= 15 is 0 Å². The van der Waals surface area contributed by atoms with Gasteiger partial charge in [-0.1, -0.05) is 15.9 Å². The molecular formula is C5H9BrO3S. The molecule has 0 unspecified atom stereocenters. The number of carbonyl (C=O) groups is 1. The van der Waals surface area contributed by atoms with Gasteiger partial charge in [-0.3, -0.25) is 4.79 Å². The van der Waals surface area contributed by atoms with E-state index in [2.05, 4.69) is 15.9 Å². The highest BCUT2D eigenvalue weighted by molar-refractivity contribution is 9.12. The van der Waals surface area contributed by atoms with Gasteiger partial charge in [-0.05, 0) is 13.8 Å². The van der Waals surface area contributed by atoms with Crippen molar-refractivity contribution in [3.63, 3.8) is 0 Å². The summed E-state index contributed by atoms with van der Waals surface area (Å²) >= 11 is 2.83. The van der Waals surface area contributed by atoms with Gasteiger partial charge in [-0.15, -0.1) is 0 Å². The molecule has 0 bridgehead atoms. The molecule has 60 valence electrons. The summed E-state index contributed by atoms with van der Waals surface area (Å²) in [6.45, 7) is 2.56. The Morgan fingerprint density at radius 3 is 1.80 bits per heavy atom. The molecule has 0 aromatic carbocycles. The van der Waals surface area contributed by atoms with E-state index in [-0.39, 0.29) is 0 Å². The highest BCUT2D eigenvalue weighted by Crippen LogP contribution is 2.24. The normalized spacial score (nSPS) is 18.0. The maximum atomic E-state index is 10.8. The fraction of sp³-hybridized carbons (Fsp3) is 0.800. The predicted octanol–water partition coefficient (Wildman–Crippen LogP) is 0.731. The van der Waals surface area contributed by atoms with Crippen LogP contribution in [-0.2, 0) is 14.6 Å². The largest absolute Gasteiger partial charge is 0.297 e. The molecule has 0 aliphatic rings. The third kappa shape index (κ3) is 1.79.